The number of benzene rings is 2. The number of thiophene rings is 1. The van der Waals surface area contributed by atoms with E-state index in [0.29, 0.717) is 13.1 Å². The number of carboxylic acids is 1. The van der Waals surface area contributed by atoms with Gasteiger partial charge in [-0.1, -0.05) is 36.4 Å². The largest absolute Gasteiger partial charge is 0.493 e. The second kappa shape index (κ2) is 10.8. The fraction of sp³-hybridized carbons (Fsp3) is 0.370. The topological polar surface area (TPSA) is 49.8 Å². The number of likely N-dealkylation sites (tertiary alicyclic amines) is 1. The summed E-state index contributed by atoms with van der Waals surface area (Å²) in [6, 6.07) is 19.3. The highest BCUT2D eigenvalue weighted by atomic mass is 32.1. The van der Waals surface area contributed by atoms with Crippen LogP contribution in [0.15, 0.2) is 60.0 Å². The Bertz CT molecular complexity index is 1020. The van der Waals surface area contributed by atoms with Crippen molar-refractivity contribution in [2.45, 2.75) is 39.2 Å². The summed E-state index contributed by atoms with van der Waals surface area (Å²) in [7, 11) is 0. The van der Waals surface area contributed by atoms with Gasteiger partial charge >= 0.3 is 5.97 Å². The number of ether oxygens (including phenoxy) is 1. The lowest BCUT2D eigenvalue weighted by Gasteiger charge is -2.36. The molecule has 1 aliphatic rings. The zero-order chi connectivity index (χ0) is 22.3. The smallest absolute Gasteiger partial charge is 0.309 e. The van der Waals surface area contributed by atoms with Gasteiger partial charge in [-0.15, -0.1) is 11.3 Å². The van der Waals surface area contributed by atoms with Crippen molar-refractivity contribution in [2.75, 3.05) is 19.7 Å². The molecule has 0 bridgehead atoms. The van der Waals surface area contributed by atoms with Crippen molar-refractivity contribution in [3.8, 4) is 16.2 Å². The van der Waals surface area contributed by atoms with Gasteiger partial charge in [-0.2, -0.15) is 0 Å². The molecular formula is C27H31NO3S. The monoisotopic (exact) mass is 449 g/mol. The van der Waals surface area contributed by atoms with E-state index in [1.165, 1.54) is 28.0 Å². The molecule has 0 spiro atoms. The van der Waals surface area contributed by atoms with E-state index < -0.39 is 5.97 Å². The average Bonchev–Trinajstić information content (AvgIpc) is 3.20. The minimum absolute atomic E-state index is 0.223. The SMILES string of the molecule is Cc1csc(-c2cc(CN3CC(C(=O)O)C3)ccc2OCCCCCc2ccccc2)c1. The summed E-state index contributed by atoms with van der Waals surface area (Å²) in [5, 5.41) is 11.3. The van der Waals surface area contributed by atoms with E-state index in [4.69, 9.17) is 9.84 Å². The Labute approximate surface area is 194 Å². The Morgan fingerprint density at radius 1 is 1.06 bits per heavy atom. The summed E-state index contributed by atoms with van der Waals surface area (Å²) < 4.78 is 6.22. The summed E-state index contributed by atoms with van der Waals surface area (Å²) in [6.07, 6.45) is 4.49. The van der Waals surface area contributed by atoms with E-state index >= 15 is 0 Å². The number of aryl methyl sites for hydroxylation is 2. The molecule has 0 amide bonds. The Morgan fingerprint density at radius 3 is 2.59 bits per heavy atom. The standard InChI is InChI=1S/C27H31NO3S/c1-20-14-26(32-19-20)24-15-22(16-28-17-23(18-28)27(29)30)11-12-25(24)31-13-7-3-6-10-21-8-4-2-5-9-21/h2,4-5,8-9,11-12,14-15,19,23H,3,6-7,10,13,16-18H2,1H3,(H,29,30). The maximum Gasteiger partial charge on any atom is 0.309 e. The van der Waals surface area contributed by atoms with Gasteiger partial charge in [-0.25, -0.2) is 0 Å². The Hall–Kier alpha value is -2.63. The van der Waals surface area contributed by atoms with E-state index in [1.807, 2.05) is 0 Å². The highest BCUT2D eigenvalue weighted by Crippen LogP contribution is 2.36. The number of rotatable bonds is 11. The molecule has 2 aromatic carbocycles. The van der Waals surface area contributed by atoms with E-state index in [9.17, 15) is 4.79 Å². The van der Waals surface area contributed by atoms with Crippen molar-refractivity contribution in [3.63, 3.8) is 0 Å². The Balaban J connectivity index is 1.33. The van der Waals surface area contributed by atoms with Crippen molar-refractivity contribution < 1.29 is 14.6 Å². The lowest BCUT2D eigenvalue weighted by atomic mass is 9.99. The van der Waals surface area contributed by atoms with Crippen LogP contribution in [0.4, 0.5) is 0 Å². The molecule has 4 rings (SSSR count). The molecule has 2 heterocycles. The summed E-state index contributed by atoms with van der Waals surface area (Å²) in [5.41, 5.74) is 5.00. The fourth-order valence-electron chi connectivity index (χ4n) is 4.11. The first-order chi connectivity index (χ1) is 15.6. The molecule has 1 aliphatic heterocycles. The van der Waals surface area contributed by atoms with Crippen molar-refractivity contribution in [1.29, 1.82) is 0 Å². The molecule has 168 valence electrons. The molecule has 1 fully saturated rings. The third kappa shape index (κ3) is 5.99. The lowest BCUT2D eigenvalue weighted by molar-refractivity contribution is -0.147. The van der Waals surface area contributed by atoms with E-state index in [1.54, 1.807) is 11.3 Å². The van der Waals surface area contributed by atoms with Crippen molar-refractivity contribution in [2.24, 2.45) is 5.92 Å². The molecular weight excluding hydrogens is 418 g/mol. The minimum atomic E-state index is -0.691. The number of carbonyl (C=O) groups is 1. The van der Waals surface area contributed by atoms with Gasteiger partial charge in [-0.05, 0) is 72.9 Å². The maximum absolute atomic E-state index is 11.1. The van der Waals surface area contributed by atoms with Crippen LogP contribution in [0.3, 0.4) is 0 Å². The van der Waals surface area contributed by atoms with E-state index in [0.717, 1.165) is 43.7 Å². The van der Waals surface area contributed by atoms with Crippen molar-refractivity contribution >= 4 is 17.3 Å². The number of hydrogen-bond donors (Lipinski definition) is 1. The molecule has 4 nitrogen and oxygen atoms in total. The number of aliphatic carboxylic acids is 1. The molecule has 3 aromatic rings. The molecule has 1 N–H and O–H groups in total. The van der Waals surface area contributed by atoms with Gasteiger partial charge < -0.3 is 9.84 Å². The van der Waals surface area contributed by atoms with Crippen LogP contribution in [0.25, 0.3) is 10.4 Å². The molecule has 0 aliphatic carbocycles. The second-order valence-corrected chi connectivity index (χ2v) is 9.60. The maximum atomic E-state index is 11.1. The van der Waals surface area contributed by atoms with Gasteiger partial charge in [0.2, 0.25) is 0 Å². The molecule has 0 atom stereocenters. The molecule has 5 heteroatoms. The number of nitrogens with zero attached hydrogens (tertiary/aromatic N) is 1. The summed E-state index contributed by atoms with van der Waals surface area (Å²) >= 11 is 1.74. The molecule has 1 saturated heterocycles. The van der Waals surface area contributed by atoms with Gasteiger partial charge in [0.25, 0.3) is 0 Å². The van der Waals surface area contributed by atoms with Crippen LogP contribution in [0.5, 0.6) is 5.75 Å². The number of hydrogen-bond acceptors (Lipinski definition) is 4. The quantitative estimate of drug-likeness (QED) is 0.363. The van der Waals surface area contributed by atoms with Gasteiger partial charge in [-0.3, -0.25) is 9.69 Å². The van der Waals surface area contributed by atoms with Gasteiger partial charge in [0.1, 0.15) is 5.75 Å². The van der Waals surface area contributed by atoms with E-state index in [2.05, 4.69) is 71.8 Å². The highest BCUT2D eigenvalue weighted by molar-refractivity contribution is 7.13. The summed E-state index contributed by atoms with van der Waals surface area (Å²) in [4.78, 5) is 14.5. The van der Waals surface area contributed by atoms with Crippen LogP contribution in [0.2, 0.25) is 0 Å². The van der Waals surface area contributed by atoms with Crippen LogP contribution < -0.4 is 4.74 Å². The molecule has 0 radical (unpaired) electrons. The summed E-state index contributed by atoms with van der Waals surface area (Å²) in [6.45, 7) is 4.87. The third-order valence-electron chi connectivity index (χ3n) is 5.96. The Morgan fingerprint density at radius 2 is 1.88 bits per heavy atom. The lowest BCUT2D eigenvalue weighted by Crippen LogP contribution is -2.49. The predicted molar refractivity (Wildman–Crippen MR) is 130 cm³/mol. The minimum Gasteiger partial charge on any atom is -0.493 e. The van der Waals surface area contributed by atoms with Crippen LogP contribution in [-0.4, -0.2) is 35.7 Å². The van der Waals surface area contributed by atoms with Crippen LogP contribution in [0, 0.1) is 12.8 Å². The number of unbranched alkanes of at least 4 members (excludes halogenated alkanes) is 2. The zero-order valence-electron chi connectivity index (χ0n) is 18.6. The van der Waals surface area contributed by atoms with E-state index in [-0.39, 0.29) is 5.92 Å². The predicted octanol–water partition coefficient (Wildman–Crippen LogP) is 6.03. The first-order valence-corrected chi connectivity index (χ1v) is 12.3. The van der Waals surface area contributed by atoms with Crippen molar-refractivity contribution in [1.82, 2.24) is 4.90 Å². The summed E-state index contributed by atoms with van der Waals surface area (Å²) in [5.74, 6) is 0.0214. The third-order valence-corrected chi connectivity index (χ3v) is 7.04. The van der Waals surface area contributed by atoms with Gasteiger partial charge in [0, 0.05) is 30.1 Å². The van der Waals surface area contributed by atoms with Crippen LogP contribution in [0.1, 0.15) is 36.0 Å². The van der Waals surface area contributed by atoms with Crippen LogP contribution >= 0.6 is 11.3 Å². The first kappa shape index (κ1) is 22.6. The average molecular weight is 450 g/mol. The highest BCUT2D eigenvalue weighted by Gasteiger charge is 2.32. The fourth-order valence-corrected chi connectivity index (χ4v) is 5.04. The Kier molecular flexibility index (Phi) is 7.61. The van der Waals surface area contributed by atoms with Gasteiger partial charge in [0.15, 0.2) is 0 Å². The number of carboxylic acid groups (broad SMARTS) is 1. The second-order valence-electron chi connectivity index (χ2n) is 8.69. The normalized spacial score (nSPS) is 14.3. The van der Waals surface area contributed by atoms with Crippen LogP contribution in [-0.2, 0) is 17.8 Å². The zero-order valence-corrected chi connectivity index (χ0v) is 19.4. The molecule has 0 unspecified atom stereocenters. The van der Waals surface area contributed by atoms with Gasteiger partial charge in [0.05, 0.1) is 12.5 Å². The van der Waals surface area contributed by atoms with Crippen molar-refractivity contribution in [3.05, 3.63) is 76.7 Å². The molecule has 1 aromatic heterocycles. The molecule has 32 heavy (non-hydrogen) atoms. The molecule has 0 saturated carbocycles. The first-order valence-electron chi connectivity index (χ1n) is 11.4.